The quantitative estimate of drug-likeness (QED) is 0.932. The van der Waals surface area contributed by atoms with Crippen molar-refractivity contribution in [1.82, 2.24) is 0 Å². The van der Waals surface area contributed by atoms with E-state index in [1.807, 2.05) is 37.3 Å². The molecule has 4 nitrogen and oxygen atoms in total. The lowest BCUT2D eigenvalue weighted by Crippen LogP contribution is -2.04. The summed E-state index contributed by atoms with van der Waals surface area (Å²) in [6.45, 7) is 2.15. The molecule has 0 saturated carbocycles. The molecular formula is C15H14ClNO3. The van der Waals surface area contributed by atoms with Crippen molar-refractivity contribution in [1.29, 1.82) is 0 Å². The van der Waals surface area contributed by atoms with Gasteiger partial charge in [-0.15, -0.1) is 0 Å². The highest BCUT2D eigenvalue weighted by Gasteiger charge is 2.14. The highest BCUT2D eigenvalue weighted by atomic mass is 35.5. The first-order valence-electron chi connectivity index (χ1n) is 6.26. The summed E-state index contributed by atoms with van der Waals surface area (Å²) in [5.41, 5.74) is 6.78. The van der Waals surface area contributed by atoms with Crippen molar-refractivity contribution in [2.45, 2.75) is 13.0 Å². The van der Waals surface area contributed by atoms with Gasteiger partial charge in [-0.1, -0.05) is 17.7 Å². The molecule has 0 amide bonds. The average molecular weight is 292 g/mol. The second kappa shape index (κ2) is 5.23. The molecule has 1 heterocycles. The number of hydrogen-bond acceptors (Lipinski definition) is 4. The van der Waals surface area contributed by atoms with Crippen molar-refractivity contribution in [2.75, 3.05) is 6.79 Å². The molecule has 0 bridgehead atoms. The minimum Gasteiger partial charge on any atom is -0.456 e. The zero-order valence-corrected chi connectivity index (χ0v) is 11.7. The van der Waals surface area contributed by atoms with Gasteiger partial charge in [-0.2, -0.15) is 0 Å². The molecule has 0 aliphatic carbocycles. The zero-order valence-electron chi connectivity index (χ0n) is 10.9. The van der Waals surface area contributed by atoms with Gasteiger partial charge in [0.15, 0.2) is 11.5 Å². The fraction of sp³-hybridized carbons (Fsp3) is 0.200. The van der Waals surface area contributed by atoms with Crippen LogP contribution in [0.15, 0.2) is 36.4 Å². The van der Waals surface area contributed by atoms with Gasteiger partial charge in [0.2, 0.25) is 6.79 Å². The van der Waals surface area contributed by atoms with E-state index in [2.05, 4.69) is 0 Å². The standard InChI is InChI=1S/C15H14ClNO3/c1-9(17)10-2-4-13(12(16)6-10)20-11-3-5-14-15(7-11)19-8-18-14/h2-7,9H,8,17H2,1H3/t9-/m1/s1. The molecule has 5 heteroatoms. The highest BCUT2D eigenvalue weighted by Crippen LogP contribution is 2.38. The number of ether oxygens (including phenoxy) is 3. The summed E-state index contributed by atoms with van der Waals surface area (Å²) in [7, 11) is 0. The van der Waals surface area contributed by atoms with Gasteiger partial charge in [-0.25, -0.2) is 0 Å². The minimum absolute atomic E-state index is 0.0629. The van der Waals surface area contributed by atoms with Gasteiger partial charge >= 0.3 is 0 Å². The first-order chi connectivity index (χ1) is 9.63. The fourth-order valence-corrected chi connectivity index (χ4v) is 2.18. The molecule has 3 rings (SSSR count). The Hall–Kier alpha value is -1.91. The van der Waals surface area contributed by atoms with Crippen LogP contribution >= 0.6 is 11.6 Å². The molecule has 2 N–H and O–H groups in total. The van der Waals surface area contributed by atoms with E-state index >= 15 is 0 Å². The summed E-state index contributed by atoms with van der Waals surface area (Å²) in [4.78, 5) is 0. The Kier molecular flexibility index (Phi) is 3.42. The lowest BCUT2D eigenvalue weighted by Gasteiger charge is -2.11. The number of nitrogens with two attached hydrogens (primary N) is 1. The summed E-state index contributed by atoms with van der Waals surface area (Å²) >= 11 is 6.20. The Balaban J connectivity index is 1.84. The molecule has 2 aromatic rings. The van der Waals surface area contributed by atoms with Gasteiger partial charge in [0.25, 0.3) is 0 Å². The Morgan fingerprint density at radius 3 is 2.70 bits per heavy atom. The number of hydrogen-bond donors (Lipinski definition) is 1. The maximum atomic E-state index is 6.20. The lowest BCUT2D eigenvalue weighted by molar-refractivity contribution is 0.174. The summed E-state index contributed by atoms with van der Waals surface area (Å²) in [5, 5.41) is 0.525. The zero-order chi connectivity index (χ0) is 14.1. The minimum atomic E-state index is -0.0629. The van der Waals surface area contributed by atoms with Crippen LogP contribution in [0.2, 0.25) is 5.02 Å². The van der Waals surface area contributed by atoms with Crippen LogP contribution < -0.4 is 19.9 Å². The van der Waals surface area contributed by atoms with Crippen LogP contribution in [-0.2, 0) is 0 Å². The van der Waals surface area contributed by atoms with E-state index in [-0.39, 0.29) is 12.8 Å². The van der Waals surface area contributed by atoms with E-state index in [0.717, 1.165) is 11.3 Å². The van der Waals surface area contributed by atoms with Gasteiger partial charge in [-0.3, -0.25) is 0 Å². The van der Waals surface area contributed by atoms with Crippen LogP contribution in [0.1, 0.15) is 18.5 Å². The average Bonchev–Trinajstić information content (AvgIpc) is 2.88. The Bertz CT molecular complexity index is 643. The number of rotatable bonds is 3. The second-order valence-electron chi connectivity index (χ2n) is 4.60. The van der Waals surface area contributed by atoms with Crippen LogP contribution in [0.3, 0.4) is 0 Å². The first-order valence-corrected chi connectivity index (χ1v) is 6.64. The Morgan fingerprint density at radius 2 is 1.95 bits per heavy atom. The topological polar surface area (TPSA) is 53.7 Å². The molecule has 0 spiro atoms. The largest absolute Gasteiger partial charge is 0.456 e. The fourth-order valence-electron chi connectivity index (χ4n) is 1.95. The third kappa shape index (κ3) is 2.53. The van der Waals surface area contributed by atoms with E-state index in [0.29, 0.717) is 22.3 Å². The van der Waals surface area contributed by atoms with E-state index < -0.39 is 0 Å². The van der Waals surface area contributed by atoms with E-state index in [4.69, 9.17) is 31.5 Å². The smallest absolute Gasteiger partial charge is 0.231 e. The van der Waals surface area contributed by atoms with E-state index in [1.165, 1.54) is 0 Å². The molecule has 0 saturated heterocycles. The maximum Gasteiger partial charge on any atom is 0.231 e. The third-order valence-corrected chi connectivity index (χ3v) is 3.35. The SMILES string of the molecule is C[C@@H](N)c1ccc(Oc2ccc3c(c2)OCO3)c(Cl)c1. The third-order valence-electron chi connectivity index (χ3n) is 3.05. The summed E-state index contributed by atoms with van der Waals surface area (Å²) in [5.74, 6) is 2.61. The van der Waals surface area contributed by atoms with Gasteiger partial charge in [-0.05, 0) is 36.8 Å². The first kappa shape index (κ1) is 13.1. The molecule has 1 aliphatic heterocycles. The monoisotopic (exact) mass is 291 g/mol. The molecule has 104 valence electrons. The van der Waals surface area contributed by atoms with Crippen molar-refractivity contribution >= 4 is 11.6 Å². The molecule has 2 aromatic carbocycles. The van der Waals surface area contributed by atoms with Crippen LogP contribution in [0.4, 0.5) is 0 Å². The van der Waals surface area contributed by atoms with Gasteiger partial charge < -0.3 is 19.9 Å². The van der Waals surface area contributed by atoms with Crippen molar-refractivity contribution < 1.29 is 14.2 Å². The van der Waals surface area contributed by atoms with Gasteiger partial charge in [0.1, 0.15) is 11.5 Å². The van der Waals surface area contributed by atoms with Crippen LogP contribution in [0.25, 0.3) is 0 Å². The van der Waals surface area contributed by atoms with Crippen LogP contribution in [0, 0.1) is 0 Å². The predicted molar refractivity (Wildman–Crippen MR) is 76.7 cm³/mol. The number of fused-ring (bicyclic) bond motifs is 1. The maximum absolute atomic E-state index is 6.20. The molecule has 1 aliphatic rings. The predicted octanol–water partition coefficient (Wildman–Crippen LogP) is 3.88. The molecule has 0 radical (unpaired) electrons. The lowest BCUT2D eigenvalue weighted by atomic mass is 10.1. The van der Waals surface area contributed by atoms with Crippen molar-refractivity contribution in [3.63, 3.8) is 0 Å². The van der Waals surface area contributed by atoms with E-state index in [9.17, 15) is 0 Å². The van der Waals surface area contributed by atoms with Gasteiger partial charge in [0.05, 0.1) is 5.02 Å². The van der Waals surface area contributed by atoms with Crippen LogP contribution in [-0.4, -0.2) is 6.79 Å². The molecule has 0 aromatic heterocycles. The van der Waals surface area contributed by atoms with Gasteiger partial charge in [0, 0.05) is 12.1 Å². The van der Waals surface area contributed by atoms with Crippen molar-refractivity contribution in [3.05, 3.63) is 47.0 Å². The van der Waals surface area contributed by atoms with Crippen LogP contribution in [0.5, 0.6) is 23.0 Å². The molecule has 1 atom stereocenters. The second-order valence-corrected chi connectivity index (χ2v) is 5.00. The summed E-state index contributed by atoms with van der Waals surface area (Å²) < 4.78 is 16.3. The summed E-state index contributed by atoms with van der Waals surface area (Å²) in [6.07, 6.45) is 0. The van der Waals surface area contributed by atoms with Crippen molar-refractivity contribution in [2.24, 2.45) is 5.73 Å². The molecular weight excluding hydrogens is 278 g/mol. The van der Waals surface area contributed by atoms with E-state index in [1.54, 1.807) is 6.07 Å². The highest BCUT2D eigenvalue weighted by molar-refractivity contribution is 6.32. The molecule has 0 unspecified atom stereocenters. The molecule has 20 heavy (non-hydrogen) atoms. The summed E-state index contributed by atoms with van der Waals surface area (Å²) in [6, 6.07) is 10.9. The number of benzene rings is 2. The Labute approximate surface area is 122 Å². The normalized spacial score (nSPS) is 14.2. The Morgan fingerprint density at radius 1 is 1.15 bits per heavy atom. The number of halogens is 1. The molecule has 0 fully saturated rings. The van der Waals surface area contributed by atoms with Crippen molar-refractivity contribution in [3.8, 4) is 23.0 Å².